The van der Waals surface area contributed by atoms with Crippen molar-refractivity contribution in [2.75, 3.05) is 18.0 Å². The normalized spacial score (nSPS) is 13.7. The number of amides is 1. The first-order valence-corrected chi connectivity index (χ1v) is 6.91. The molecule has 4 nitrogen and oxygen atoms in total. The summed E-state index contributed by atoms with van der Waals surface area (Å²) in [5.74, 6) is -0.0818. The minimum Gasteiger partial charge on any atom is -0.347 e. The van der Waals surface area contributed by atoms with Crippen LogP contribution in [0.1, 0.15) is 18.9 Å². The Morgan fingerprint density at radius 3 is 2.89 bits per heavy atom. The highest BCUT2D eigenvalue weighted by Crippen LogP contribution is 2.32. The van der Waals surface area contributed by atoms with Crippen LogP contribution in [0.3, 0.4) is 0 Å². The third-order valence-electron chi connectivity index (χ3n) is 2.91. The predicted octanol–water partition coefficient (Wildman–Crippen LogP) is 2.55. The van der Waals surface area contributed by atoms with Gasteiger partial charge in [0.05, 0.1) is 17.8 Å². The summed E-state index contributed by atoms with van der Waals surface area (Å²) in [6, 6.07) is 7.73. The number of para-hydroxylation sites is 1. The molecule has 1 N–H and O–H groups in total. The van der Waals surface area contributed by atoms with E-state index in [1.54, 1.807) is 12.1 Å². The number of nitrogens with zero attached hydrogens (tertiary/aromatic N) is 2. The second kappa shape index (κ2) is 5.89. The lowest BCUT2D eigenvalue weighted by Gasteiger charge is -2.27. The van der Waals surface area contributed by atoms with Gasteiger partial charge < -0.3 is 10.2 Å². The molecule has 1 aliphatic rings. The Labute approximate surface area is 120 Å². The van der Waals surface area contributed by atoms with Gasteiger partial charge in [-0.1, -0.05) is 13.0 Å². The van der Waals surface area contributed by atoms with Gasteiger partial charge in [-0.15, -0.1) is 0 Å². The van der Waals surface area contributed by atoms with Crippen LogP contribution >= 0.6 is 15.9 Å². The molecular weight excluding hydrogens is 306 g/mol. The fourth-order valence-corrected chi connectivity index (χ4v) is 2.69. The van der Waals surface area contributed by atoms with Gasteiger partial charge in [-0.25, -0.2) is 0 Å². The fourth-order valence-electron chi connectivity index (χ4n) is 2.11. The number of carbonyl (C=O) groups excluding carboxylic acids is 1. The van der Waals surface area contributed by atoms with Crippen molar-refractivity contribution in [3.05, 3.63) is 40.0 Å². The predicted molar refractivity (Wildman–Crippen MR) is 77.6 cm³/mol. The summed E-state index contributed by atoms with van der Waals surface area (Å²) in [7, 11) is 0. The molecule has 0 aliphatic carbocycles. The Balaban J connectivity index is 2.48. The maximum absolute atomic E-state index is 11.3. The molecule has 1 aromatic rings. The highest BCUT2D eigenvalue weighted by atomic mass is 79.9. The summed E-state index contributed by atoms with van der Waals surface area (Å²) >= 11 is 3.50. The molecule has 5 heteroatoms. The Kier molecular flexibility index (Phi) is 4.23. The molecule has 0 fully saturated rings. The van der Waals surface area contributed by atoms with Crippen molar-refractivity contribution in [3.8, 4) is 6.07 Å². The Bertz CT molecular complexity index is 575. The van der Waals surface area contributed by atoms with Crippen molar-refractivity contribution in [2.45, 2.75) is 13.3 Å². The molecule has 1 aromatic carbocycles. The first-order valence-electron chi connectivity index (χ1n) is 6.12. The molecule has 2 rings (SSSR count). The van der Waals surface area contributed by atoms with E-state index in [0.29, 0.717) is 12.1 Å². The Morgan fingerprint density at radius 1 is 1.53 bits per heavy atom. The maximum Gasteiger partial charge on any atom is 0.246 e. The number of rotatable bonds is 4. The molecule has 0 radical (unpaired) electrons. The van der Waals surface area contributed by atoms with Gasteiger partial charge in [0.25, 0.3) is 0 Å². The molecule has 0 aromatic heterocycles. The average molecular weight is 320 g/mol. The minimum absolute atomic E-state index is 0.0818. The monoisotopic (exact) mass is 319 g/mol. The summed E-state index contributed by atoms with van der Waals surface area (Å²) < 4.78 is 0.861. The first-order chi connectivity index (χ1) is 9.17. The minimum atomic E-state index is -0.0818. The highest BCUT2D eigenvalue weighted by Gasteiger charge is 2.22. The topological polar surface area (TPSA) is 56.1 Å². The van der Waals surface area contributed by atoms with E-state index in [1.165, 1.54) is 0 Å². The Morgan fingerprint density at radius 2 is 2.32 bits per heavy atom. The van der Waals surface area contributed by atoms with E-state index >= 15 is 0 Å². The number of halogens is 1. The zero-order valence-corrected chi connectivity index (χ0v) is 12.2. The van der Waals surface area contributed by atoms with E-state index in [1.807, 2.05) is 17.0 Å². The van der Waals surface area contributed by atoms with Crippen molar-refractivity contribution in [3.63, 3.8) is 0 Å². The number of nitrogens with one attached hydrogen (secondary N) is 1. The van der Waals surface area contributed by atoms with Gasteiger partial charge in [0.1, 0.15) is 6.07 Å². The van der Waals surface area contributed by atoms with Crippen molar-refractivity contribution >= 4 is 27.5 Å². The van der Waals surface area contributed by atoms with Crippen molar-refractivity contribution in [1.82, 2.24) is 5.32 Å². The van der Waals surface area contributed by atoms with E-state index in [0.717, 1.165) is 28.8 Å². The fraction of sp³-hybridized carbons (Fsp3) is 0.286. The van der Waals surface area contributed by atoms with E-state index < -0.39 is 0 Å². The number of hydrogen-bond acceptors (Lipinski definition) is 3. The Hall–Kier alpha value is -1.80. The molecule has 0 saturated heterocycles. The van der Waals surface area contributed by atoms with Gasteiger partial charge in [0.15, 0.2) is 0 Å². The van der Waals surface area contributed by atoms with Gasteiger partial charge >= 0.3 is 0 Å². The van der Waals surface area contributed by atoms with Crippen LogP contribution in [0.2, 0.25) is 0 Å². The van der Waals surface area contributed by atoms with Gasteiger partial charge in [-0.2, -0.15) is 5.26 Å². The zero-order valence-electron chi connectivity index (χ0n) is 10.6. The van der Waals surface area contributed by atoms with Gasteiger partial charge in [0.2, 0.25) is 5.91 Å². The molecular formula is C14H14BrN3O. The lowest BCUT2D eigenvalue weighted by molar-refractivity contribution is -0.115. The largest absolute Gasteiger partial charge is 0.347 e. The number of carbonyl (C=O) groups is 1. The van der Waals surface area contributed by atoms with Crippen LogP contribution in [-0.2, 0) is 4.79 Å². The van der Waals surface area contributed by atoms with E-state index in [2.05, 4.69) is 34.2 Å². The van der Waals surface area contributed by atoms with Crippen LogP contribution in [0, 0.1) is 11.3 Å². The summed E-state index contributed by atoms with van der Waals surface area (Å²) in [6.07, 6.45) is 2.52. The smallest absolute Gasteiger partial charge is 0.246 e. The molecule has 0 atom stereocenters. The molecule has 0 unspecified atom stereocenters. The molecule has 1 heterocycles. The third kappa shape index (κ3) is 2.79. The summed E-state index contributed by atoms with van der Waals surface area (Å²) in [5.41, 5.74) is 2.33. The van der Waals surface area contributed by atoms with Crippen LogP contribution in [0.15, 0.2) is 34.4 Å². The summed E-state index contributed by atoms with van der Waals surface area (Å²) in [5, 5.41) is 12.0. The number of benzene rings is 1. The first kappa shape index (κ1) is 13.6. The molecule has 1 amide bonds. The zero-order chi connectivity index (χ0) is 13.8. The number of anilines is 1. The quantitative estimate of drug-likeness (QED) is 0.927. The molecule has 0 spiro atoms. The summed E-state index contributed by atoms with van der Waals surface area (Å²) in [4.78, 5) is 13.4. The van der Waals surface area contributed by atoms with Crippen molar-refractivity contribution < 1.29 is 4.79 Å². The van der Waals surface area contributed by atoms with Crippen LogP contribution in [0.4, 0.5) is 5.69 Å². The second-order valence-corrected chi connectivity index (χ2v) is 5.11. The van der Waals surface area contributed by atoms with Crippen molar-refractivity contribution in [2.24, 2.45) is 0 Å². The van der Waals surface area contributed by atoms with Crippen molar-refractivity contribution in [1.29, 1.82) is 5.26 Å². The molecule has 19 heavy (non-hydrogen) atoms. The van der Waals surface area contributed by atoms with E-state index in [4.69, 9.17) is 0 Å². The molecule has 0 saturated carbocycles. The van der Waals surface area contributed by atoms with Crippen LogP contribution in [0.25, 0.3) is 0 Å². The lowest BCUT2D eigenvalue weighted by atomic mass is 10.1. The maximum atomic E-state index is 11.3. The number of hydrogen-bond donors (Lipinski definition) is 1. The number of nitriles is 1. The molecule has 0 bridgehead atoms. The SMILES string of the molecule is CCCN(C1=CC(=O)NC1)c1c(Br)cccc1C#N. The van der Waals surface area contributed by atoms with Gasteiger partial charge in [-0.05, 0) is 34.5 Å². The summed E-state index contributed by atoms with van der Waals surface area (Å²) in [6.45, 7) is 3.34. The lowest BCUT2D eigenvalue weighted by Crippen LogP contribution is -2.27. The van der Waals surface area contributed by atoms with E-state index in [9.17, 15) is 10.1 Å². The third-order valence-corrected chi connectivity index (χ3v) is 3.55. The standard InChI is InChI=1S/C14H14BrN3O/c1-2-6-18(11-7-13(19)17-9-11)14-10(8-16)4-3-5-12(14)15/h3-5,7H,2,6,9H2,1H3,(H,17,19). The second-order valence-electron chi connectivity index (χ2n) is 4.25. The van der Waals surface area contributed by atoms with Gasteiger partial charge in [-0.3, -0.25) is 4.79 Å². The molecule has 1 aliphatic heterocycles. The van der Waals surface area contributed by atoms with Gasteiger partial charge in [0, 0.05) is 22.8 Å². The van der Waals surface area contributed by atoms with E-state index in [-0.39, 0.29) is 5.91 Å². The van der Waals surface area contributed by atoms with Crippen LogP contribution in [-0.4, -0.2) is 19.0 Å². The van der Waals surface area contributed by atoms with Crippen LogP contribution in [0.5, 0.6) is 0 Å². The molecule has 98 valence electrons. The highest BCUT2D eigenvalue weighted by molar-refractivity contribution is 9.10. The van der Waals surface area contributed by atoms with Crippen LogP contribution < -0.4 is 10.2 Å². The average Bonchev–Trinajstić information content (AvgIpc) is 2.83.